The molecular formula is C27H41ClN2O3. The van der Waals surface area contributed by atoms with Gasteiger partial charge >= 0.3 is 0 Å². The van der Waals surface area contributed by atoms with E-state index in [4.69, 9.17) is 9.47 Å². The predicted molar refractivity (Wildman–Crippen MR) is 133 cm³/mol. The van der Waals surface area contributed by atoms with Gasteiger partial charge in [-0.1, -0.05) is 12.1 Å². The van der Waals surface area contributed by atoms with Gasteiger partial charge in [0, 0.05) is 57.8 Å². The van der Waals surface area contributed by atoms with Crippen LogP contribution in [0.15, 0.2) is 18.2 Å². The van der Waals surface area contributed by atoms with Crippen LogP contribution in [0.3, 0.4) is 0 Å². The maximum absolute atomic E-state index is 12.9. The number of carbonyl (C=O) groups is 1. The summed E-state index contributed by atoms with van der Waals surface area (Å²) >= 11 is 0. The van der Waals surface area contributed by atoms with Crippen molar-refractivity contribution in [1.82, 2.24) is 9.80 Å². The van der Waals surface area contributed by atoms with Gasteiger partial charge in [-0.05, 0) is 80.9 Å². The lowest BCUT2D eigenvalue weighted by Crippen LogP contribution is -2.46. The molecule has 1 aliphatic carbocycles. The van der Waals surface area contributed by atoms with Crippen LogP contribution in [-0.4, -0.2) is 67.7 Å². The number of carbonyl (C=O) groups excluding carboxylic acids is 1. The van der Waals surface area contributed by atoms with Crippen molar-refractivity contribution >= 4 is 18.3 Å². The molecule has 5 rings (SSSR count). The van der Waals surface area contributed by atoms with E-state index in [1.54, 1.807) is 0 Å². The van der Waals surface area contributed by atoms with E-state index in [2.05, 4.69) is 34.9 Å². The van der Waals surface area contributed by atoms with Gasteiger partial charge < -0.3 is 14.4 Å². The average Bonchev–Trinajstić information content (AvgIpc) is 3.53. The molecule has 1 saturated carbocycles. The van der Waals surface area contributed by atoms with Crippen LogP contribution in [0, 0.1) is 17.8 Å². The second kappa shape index (κ2) is 11.4. The molecule has 5 nitrogen and oxygen atoms in total. The summed E-state index contributed by atoms with van der Waals surface area (Å²) in [4.78, 5) is 17.8. The molecule has 3 fully saturated rings. The summed E-state index contributed by atoms with van der Waals surface area (Å²) in [7, 11) is 0. The zero-order valence-electron chi connectivity index (χ0n) is 20.2. The second-order valence-corrected chi connectivity index (χ2v) is 10.6. The number of likely N-dealkylation sites (tertiary alicyclic amines) is 1. The van der Waals surface area contributed by atoms with E-state index in [1.807, 2.05) is 0 Å². The maximum Gasteiger partial charge on any atom is 0.225 e. The van der Waals surface area contributed by atoms with Crippen LogP contribution in [0.5, 0.6) is 5.75 Å². The van der Waals surface area contributed by atoms with Crippen molar-refractivity contribution in [2.45, 2.75) is 64.3 Å². The van der Waals surface area contributed by atoms with Crippen LogP contribution in [0.1, 0.15) is 56.6 Å². The zero-order chi connectivity index (χ0) is 21.9. The summed E-state index contributed by atoms with van der Waals surface area (Å²) < 4.78 is 11.2. The number of halogens is 1. The van der Waals surface area contributed by atoms with Crippen LogP contribution >= 0.6 is 12.4 Å². The van der Waals surface area contributed by atoms with E-state index in [9.17, 15) is 4.79 Å². The molecule has 2 saturated heterocycles. The number of benzene rings is 1. The molecule has 1 aromatic rings. The number of nitrogens with zero attached hydrogens (tertiary/aromatic N) is 2. The molecule has 1 atom stereocenters. The molecule has 1 unspecified atom stereocenters. The normalized spacial score (nSPS) is 22.5. The monoisotopic (exact) mass is 476 g/mol. The third-order valence-electron chi connectivity index (χ3n) is 8.09. The fourth-order valence-corrected chi connectivity index (χ4v) is 5.74. The van der Waals surface area contributed by atoms with E-state index in [-0.39, 0.29) is 18.3 Å². The molecule has 1 amide bonds. The zero-order valence-corrected chi connectivity index (χ0v) is 21.0. The number of fused-ring (bicyclic) bond motifs is 1. The lowest BCUT2D eigenvalue weighted by Gasteiger charge is -2.38. The molecule has 3 heterocycles. The predicted octanol–water partition coefficient (Wildman–Crippen LogP) is 4.35. The molecule has 0 N–H and O–H groups in total. The molecule has 1 aromatic carbocycles. The largest absolute Gasteiger partial charge is 0.493 e. The van der Waals surface area contributed by atoms with Crippen LogP contribution in [-0.2, 0) is 22.4 Å². The third kappa shape index (κ3) is 6.43. The molecule has 184 valence electrons. The minimum atomic E-state index is 0. The summed E-state index contributed by atoms with van der Waals surface area (Å²) in [5.74, 6) is 3.29. The Labute approximate surface area is 205 Å². The van der Waals surface area contributed by atoms with E-state index >= 15 is 0 Å². The fraction of sp³-hybridized carbons (Fsp3) is 0.741. The molecule has 6 heteroatoms. The maximum atomic E-state index is 12.9. The first-order chi connectivity index (χ1) is 15.7. The Balaban J connectivity index is 0.00000259. The molecule has 33 heavy (non-hydrogen) atoms. The summed E-state index contributed by atoms with van der Waals surface area (Å²) in [5, 5.41) is 0. The standard InChI is InChI=1S/C27H40N2O3.ClH/c1-20(16-23-4-5-24-10-15-32-26(24)17-23)29(18-21-2-3-21)19-22-6-11-28(12-7-22)27(30)25-8-13-31-14-9-25;/h4-5,17,20-22,25H,2-3,6-16,18-19H2,1H3;1H. The Morgan fingerprint density at radius 3 is 2.42 bits per heavy atom. The number of ether oxygens (including phenoxy) is 2. The van der Waals surface area contributed by atoms with Gasteiger partial charge in [0.05, 0.1) is 6.61 Å². The van der Waals surface area contributed by atoms with Crippen molar-refractivity contribution in [3.8, 4) is 5.75 Å². The van der Waals surface area contributed by atoms with E-state index in [1.165, 1.54) is 37.1 Å². The fourth-order valence-electron chi connectivity index (χ4n) is 5.74. The second-order valence-electron chi connectivity index (χ2n) is 10.6. The Bertz CT molecular complexity index is 786. The van der Waals surface area contributed by atoms with Gasteiger partial charge in [-0.3, -0.25) is 9.69 Å². The highest BCUT2D eigenvalue weighted by molar-refractivity contribution is 5.85. The Morgan fingerprint density at radius 1 is 1.03 bits per heavy atom. The van der Waals surface area contributed by atoms with Gasteiger partial charge in [-0.2, -0.15) is 0 Å². The minimum Gasteiger partial charge on any atom is -0.493 e. The Hall–Kier alpha value is -1.30. The van der Waals surface area contributed by atoms with Crippen LogP contribution in [0.4, 0.5) is 0 Å². The number of amides is 1. The van der Waals surface area contributed by atoms with Crippen molar-refractivity contribution in [2.75, 3.05) is 46.0 Å². The first-order valence-corrected chi connectivity index (χ1v) is 13.0. The highest BCUT2D eigenvalue weighted by atomic mass is 35.5. The SMILES string of the molecule is CC(Cc1ccc2c(c1)OCC2)N(CC1CC1)CC1CCN(C(=O)C2CCOCC2)CC1.Cl. The van der Waals surface area contributed by atoms with Crippen LogP contribution in [0.2, 0.25) is 0 Å². The number of hydrogen-bond acceptors (Lipinski definition) is 4. The molecule has 3 aliphatic heterocycles. The van der Waals surface area contributed by atoms with Gasteiger partial charge in [-0.15, -0.1) is 12.4 Å². The first-order valence-electron chi connectivity index (χ1n) is 13.0. The van der Waals surface area contributed by atoms with Gasteiger partial charge in [0.1, 0.15) is 5.75 Å². The molecule has 0 spiro atoms. The smallest absolute Gasteiger partial charge is 0.225 e. The van der Waals surface area contributed by atoms with Crippen molar-refractivity contribution in [3.05, 3.63) is 29.3 Å². The van der Waals surface area contributed by atoms with Crippen molar-refractivity contribution in [3.63, 3.8) is 0 Å². The van der Waals surface area contributed by atoms with E-state index in [0.29, 0.717) is 17.9 Å². The summed E-state index contributed by atoms with van der Waals surface area (Å²) in [6.45, 7) is 9.03. The quantitative estimate of drug-likeness (QED) is 0.559. The Morgan fingerprint density at radius 2 is 1.73 bits per heavy atom. The lowest BCUT2D eigenvalue weighted by atomic mass is 9.92. The molecule has 0 aromatic heterocycles. The van der Waals surface area contributed by atoms with Crippen molar-refractivity contribution in [1.29, 1.82) is 0 Å². The topological polar surface area (TPSA) is 42.0 Å². The molecular weight excluding hydrogens is 436 g/mol. The van der Waals surface area contributed by atoms with Gasteiger partial charge in [0.15, 0.2) is 0 Å². The van der Waals surface area contributed by atoms with Crippen molar-refractivity contribution < 1.29 is 14.3 Å². The average molecular weight is 477 g/mol. The van der Waals surface area contributed by atoms with Gasteiger partial charge in [-0.25, -0.2) is 0 Å². The van der Waals surface area contributed by atoms with Gasteiger partial charge in [0.2, 0.25) is 5.91 Å². The van der Waals surface area contributed by atoms with Gasteiger partial charge in [0.25, 0.3) is 0 Å². The van der Waals surface area contributed by atoms with Crippen LogP contribution < -0.4 is 4.74 Å². The number of piperidine rings is 1. The van der Waals surface area contributed by atoms with Crippen LogP contribution in [0.25, 0.3) is 0 Å². The number of hydrogen-bond donors (Lipinski definition) is 0. The highest BCUT2D eigenvalue weighted by Gasteiger charge is 2.32. The molecule has 0 bridgehead atoms. The summed E-state index contributed by atoms with van der Waals surface area (Å²) in [5.41, 5.74) is 2.76. The minimum absolute atomic E-state index is 0. The summed E-state index contributed by atoms with van der Waals surface area (Å²) in [6.07, 6.45) is 9.03. The van der Waals surface area contributed by atoms with E-state index < -0.39 is 0 Å². The first kappa shape index (κ1) is 24.8. The highest BCUT2D eigenvalue weighted by Crippen LogP contribution is 2.33. The summed E-state index contributed by atoms with van der Waals surface area (Å²) in [6, 6.07) is 7.38. The van der Waals surface area contributed by atoms with E-state index in [0.717, 1.165) is 83.1 Å². The lowest BCUT2D eigenvalue weighted by molar-refractivity contribution is -0.140. The molecule has 0 radical (unpaired) electrons. The molecule has 4 aliphatic rings. The number of rotatable bonds is 8. The van der Waals surface area contributed by atoms with Crippen molar-refractivity contribution in [2.24, 2.45) is 17.8 Å². The Kier molecular flexibility index (Phi) is 8.59. The third-order valence-corrected chi connectivity index (χ3v) is 8.09.